The maximum Gasteiger partial charge on any atom is 0.472 e. The number of phosphoric ester groups is 1. The number of likely N-dealkylation sites (N-methyl/N-ethyl adjacent to an activating group) is 1. The molecule has 0 aliphatic rings. The molecule has 0 fully saturated rings. The molecule has 2 aromatic carbocycles. The van der Waals surface area contributed by atoms with Crippen molar-refractivity contribution in [1.29, 1.82) is 0 Å². The minimum absolute atomic E-state index is 0.0867. The molecule has 3 N–H and O–H groups in total. The van der Waals surface area contributed by atoms with Crippen molar-refractivity contribution in [2.75, 3.05) is 75.9 Å². The maximum atomic E-state index is 12.7. The van der Waals surface area contributed by atoms with Crippen LogP contribution < -0.4 is 18.9 Å². The number of carbonyl (C=O) groups excluding carboxylic acids is 2. The van der Waals surface area contributed by atoms with E-state index in [-0.39, 0.29) is 41.1 Å². The molecule has 0 amide bonds. The van der Waals surface area contributed by atoms with Gasteiger partial charge >= 0.3 is 19.8 Å². The first-order valence-corrected chi connectivity index (χ1v) is 15.2. The molecule has 254 valence electrons. The summed E-state index contributed by atoms with van der Waals surface area (Å²) in [4.78, 5) is 35.3. The molecule has 0 spiro atoms. The van der Waals surface area contributed by atoms with E-state index in [4.69, 9.17) is 37.5 Å². The zero-order valence-corrected chi connectivity index (χ0v) is 27.6. The van der Waals surface area contributed by atoms with Gasteiger partial charge in [0.15, 0.2) is 29.1 Å². The fourth-order valence-corrected chi connectivity index (χ4v) is 4.28. The van der Waals surface area contributed by atoms with Crippen LogP contribution in [0.3, 0.4) is 0 Å². The summed E-state index contributed by atoms with van der Waals surface area (Å²) in [6.07, 6.45) is 3.51. The number of carbonyl (C=O) groups is 2. The van der Waals surface area contributed by atoms with Crippen LogP contribution in [-0.2, 0) is 32.7 Å². The number of phosphoric acid groups is 1. The molecule has 0 heterocycles. The molecule has 0 radical (unpaired) electrons. The van der Waals surface area contributed by atoms with Gasteiger partial charge in [0.1, 0.15) is 19.8 Å². The number of benzene rings is 2. The molecule has 15 nitrogen and oxygen atoms in total. The average molecular weight is 671 g/mol. The van der Waals surface area contributed by atoms with Gasteiger partial charge in [0.25, 0.3) is 0 Å². The second-order valence-corrected chi connectivity index (χ2v) is 12.0. The van der Waals surface area contributed by atoms with Gasteiger partial charge in [0, 0.05) is 12.2 Å². The largest absolute Gasteiger partial charge is 0.502 e. The normalized spacial score (nSPS) is 13.7. The monoisotopic (exact) mass is 670 g/mol. The van der Waals surface area contributed by atoms with Gasteiger partial charge in [-0.1, -0.05) is 0 Å². The molecular weight excluding hydrogens is 629 g/mol. The Balaban J connectivity index is 2.15. The van der Waals surface area contributed by atoms with Crippen molar-refractivity contribution in [2.24, 2.45) is 0 Å². The number of methoxy groups -OCH3 is 4. The van der Waals surface area contributed by atoms with Crippen molar-refractivity contribution < 1.29 is 71.2 Å². The number of ether oxygens (including phenoxy) is 6. The lowest BCUT2D eigenvalue weighted by atomic mass is 10.1. The summed E-state index contributed by atoms with van der Waals surface area (Å²) in [5.74, 6) is -1.76. The van der Waals surface area contributed by atoms with Gasteiger partial charge in [0.05, 0.1) is 56.2 Å². The van der Waals surface area contributed by atoms with Crippen LogP contribution in [0.4, 0.5) is 0 Å². The smallest absolute Gasteiger partial charge is 0.472 e. The minimum atomic E-state index is -4.55. The molecule has 16 heteroatoms. The Hall–Kier alpha value is -4.27. The topological polar surface area (TPSA) is 186 Å². The first kappa shape index (κ1) is 37.9. The third-order valence-corrected chi connectivity index (χ3v) is 6.95. The molecule has 0 saturated heterocycles. The number of esters is 2. The second kappa shape index (κ2) is 17.4. The molecule has 2 rings (SSSR count). The summed E-state index contributed by atoms with van der Waals surface area (Å²) >= 11 is 0. The van der Waals surface area contributed by atoms with Crippen molar-refractivity contribution in [1.82, 2.24) is 0 Å². The number of rotatable bonds is 18. The molecular formula is C30H41NO14P+. The molecule has 2 unspecified atom stereocenters. The third-order valence-electron chi connectivity index (χ3n) is 5.96. The van der Waals surface area contributed by atoms with Crippen molar-refractivity contribution in [2.45, 2.75) is 6.10 Å². The number of phenolic OH excluding ortho intramolecular Hbond substituents is 2. The van der Waals surface area contributed by atoms with E-state index in [2.05, 4.69) is 0 Å². The van der Waals surface area contributed by atoms with Crippen LogP contribution in [0.1, 0.15) is 11.1 Å². The fraction of sp³-hybridized carbons (Fsp3) is 0.400. The summed E-state index contributed by atoms with van der Waals surface area (Å²) in [6, 6.07) is 5.82. The molecule has 2 aromatic rings. The summed E-state index contributed by atoms with van der Waals surface area (Å²) in [6.45, 7) is -0.879. The highest BCUT2D eigenvalue weighted by molar-refractivity contribution is 7.47. The number of phenols is 2. The summed E-state index contributed by atoms with van der Waals surface area (Å²) in [7, 11) is 6.47. The Labute approximate surface area is 267 Å². The van der Waals surface area contributed by atoms with E-state index in [1.54, 1.807) is 0 Å². The summed E-state index contributed by atoms with van der Waals surface area (Å²) in [5, 5.41) is 20.2. The predicted molar refractivity (Wildman–Crippen MR) is 166 cm³/mol. The molecule has 0 saturated carbocycles. The average Bonchev–Trinajstić information content (AvgIpc) is 3.00. The maximum absolute atomic E-state index is 12.7. The number of hydrogen-bond donors (Lipinski definition) is 3. The molecule has 0 aromatic heterocycles. The van der Waals surface area contributed by atoms with Crippen LogP contribution in [0.5, 0.6) is 34.5 Å². The van der Waals surface area contributed by atoms with Gasteiger partial charge < -0.3 is 48.0 Å². The van der Waals surface area contributed by atoms with Crippen molar-refractivity contribution in [3.05, 3.63) is 47.5 Å². The van der Waals surface area contributed by atoms with E-state index in [0.717, 1.165) is 12.2 Å². The van der Waals surface area contributed by atoms with Crippen LogP contribution in [0, 0.1) is 0 Å². The molecule has 0 aliphatic heterocycles. The van der Waals surface area contributed by atoms with Gasteiger partial charge in [-0.2, -0.15) is 0 Å². The van der Waals surface area contributed by atoms with Crippen LogP contribution in [-0.4, -0.2) is 114 Å². The van der Waals surface area contributed by atoms with Crippen LogP contribution >= 0.6 is 7.82 Å². The SMILES string of the molecule is COc1cc(/C=C/C(=O)OCC(COP(=O)(O)OCC[N+](C)(C)C)OC(=O)/C=C/c2cc(OC)c(O)c(OC)c2)cc(OC)c1O. The first-order valence-electron chi connectivity index (χ1n) is 13.7. The predicted octanol–water partition coefficient (Wildman–Crippen LogP) is 3.15. The van der Waals surface area contributed by atoms with Gasteiger partial charge in [0.2, 0.25) is 11.5 Å². The van der Waals surface area contributed by atoms with E-state index >= 15 is 0 Å². The van der Waals surface area contributed by atoms with E-state index in [9.17, 15) is 29.3 Å². The highest BCUT2D eigenvalue weighted by Crippen LogP contribution is 2.43. The third kappa shape index (κ3) is 12.6. The number of quaternary nitrogens is 1. The van der Waals surface area contributed by atoms with Gasteiger partial charge in [-0.3, -0.25) is 9.05 Å². The quantitative estimate of drug-likeness (QED) is 0.0909. The Morgan fingerprint density at radius 2 is 1.20 bits per heavy atom. The van der Waals surface area contributed by atoms with Crippen LogP contribution in [0.25, 0.3) is 12.2 Å². The Kier molecular flexibility index (Phi) is 14.4. The summed E-state index contributed by atoms with van der Waals surface area (Å²) in [5.41, 5.74) is 0.857. The number of nitrogens with zero attached hydrogens (tertiary/aromatic N) is 1. The number of hydrogen-bond acceptors (Lipinski definition) is 13. The Morgan fingerprint density at radius 1 is 0.761 bits per heavy atom. The standard InChI is InChI=1S/C30H40NO14P/c1-31(2,3)12-13-43-46(36,37)44-19-22(45-28(33)11-9-21-16-25(40-6)30(35)26(17-21)41-7)18-42-27(32)10-8-20-14-23(38-4)29(34)24(15-20)39-5/h8-11,14-17,22H,12-13,18-19H2,1-7H3,(H2-,32,33,34,35,36,37)/p+1. The minimum Gasteiger partial charge on any atom is -0.502 e. The Bertz CT molecular complexity index is 1400. The second-order valence-electron chi connectivity index (χ2n) is 10.5. The number of aromatic hydroxyl groups is 2. The van der Waals surface area contributed by atoms with Gasteiger partial charge in [-0.05, 0) is 47.5 Å². The van der Waals surface area contributed by atoms with Crippen molar-refractivity contribution >= 4 is 31.9 Å². The van der Waals surface area contributed by atoms with E-state index < -0.39 is 39.1 Å². The van der Waals surface area contributed by atoms with Gasteiger partial charge in [-0.15, -0.1) is 0 Å². The van der Waals surface area contributed by atoms with Gasteiger partial charge in [-0.25, -0.2) is 14.2 Å². The highest BCUT2D eigenvalue weighted by Gasteiger charge is 2.26. The summed E-state index contributed by atoms with van der Waals surface area (Å²) < 4.78 is 53.8. The van der Waals surface area contributed by atoms with Crippen LogP contribution in [0.2, 0.25) is 0 Å². The van der Waals surface area contributed by atoms with E-state index in [0.29, 0.717) is 22.2 Å². The Morgan fingerprint density at radius 3 is 1.61 bits per heavy atom. The fourth-order valence-electron chi connectivity index (χ4n) is 3.54. The highest BCUT2D eigenvalue weighted by atomic mass is 31.2. The molecule has 0 aliphatic carbocycles. The molecule has 46 heavy (non-hydrogen) atoms. The van der Waals surface area contributed by atoms with E-state index in [1.165, 1.54) is 64.9 Å². The van der Waals surface area contributed by atoms with Crippen LogP contribution in [0.15, 0.2) is 36.4 Å². The van der Waals surface area contributed by atoms with Crippen molar-refractivity contribution in [3.8, 4) is 34.5 Å². The van der Waals surface area contributed by atoms with E-state index in [1.807, 2.05) is 21.1 Å². The zero-order valence-electron chi connectivity index (χ0n) is 26.8. The first-order chi connectivity index (χ1) is 21.6. The lowest BCUT2D eigenvalue weighted by Crippen LogP contribution is -2.37. The lowest BCUT2D eigenvalue weighted by Gasteiger charge is -2.24. The lowest BCUT2D eigenvalue weighted by molar-refractivity contribution is -0.870. The molecule has 2 atom stereocenters. The zero-order chi connectivity index (χ0) is 34.5. The van der Waals surface area contributed by atoms with Crippen molar-refractivity contribution in [3.63, 3.8) is 0 Å². The molecule has 0 bridgehead atoms.